The van der Waals surface area contributed by atoms with Crippen LogP contribution in [0.3, 0.4) is 0 Å². The highest BCUT2D eigenvalue weighted by molar-refractivity contribution is 6.21. The molecule has 39 heavy (non-hydrogen) atoms. The Kier molecular flexibility index (Phi) is 10.2. The van der Waals surface area contributed by atoms with Crippen LogP contribution in [-0.4, -0.2) is 65.7 Å². The number of hydrogen-bond donors (Lipinski definition) is 3. The summed E-state index contributed by atoms with van der Waals surface area (Å²) in [7, 11) is 0. The van der Waals surface area contributed by atoms with Crippen LogP contribution < -0.4 is 16.0 Å². The molecule has 0 aromatic heterocycles. The van der Waals surface area contributed by atoms with Gasteiger partial charge in [0.05, 0.1) is 11.1 Å². The first-order valence-electron chi connectivity index (χ1n) is 14.6. The number of hydrogen-bond acceptors (Lipinski definition) is 6. The fraction of sp³-hybridized carbons (Fsp3) is 0.710. The van der Waals surface area contributed by atoms with Crippen molar-refractivity contribution in [3.05, 3.63) is 35.4 Å². The van der Waals surface area contributed by atoms with Crippen LogP contribution in [-0.2, 0) is 4.74 Å². The van der Waals surface area contributed by atoms with Crippen molar-refractivity contribution in [1.29, 1.82) is 0 Å². The van der Waals surface area contributed by atoms with Crippen molar-refractivity contribution in [3.63, 3.8) is 0 Å². The number of imide groups is 1. The largest absolute Gasteiger partial charge is 0.444 e. The Balaban J connectivity index is 0.000000219. The van der Waals surface area contributed by atoms with Gasteiger partial charge in [0.1, 0.15) is 5.60 Å². The monoisotopic (exact) mass is 542 g/mol. The summed E-state index contributed by atoms with van der Waals surface area (Å²) < 4.78 is 5.18. The number of carbonyl (C=O) groups is 3. The average Bonchev–Trinajstić information content (AvgIpc) is 3.44. The number of amides is 3. The van der Waals surface area contributed by atoms with Crippen molar-refractivity contribution in [1.82, 2.24) is 20.9 Å². The van der Waals surface area contributed by atoms with Crippen LogP contribution in [0.5, 0.6) is 0 Å². The summed E-state index contributed by atoms with van der Waals surface area (Å²) in [5, 5.41) is 9.83. The summed E-state index contributed by atoms with van der Waals surface area (Å²) in [5.74, 6) is 1.11. The van der Waals surface area contributed by atoms with E-state index >= 15 is 0 Å². The summed E-state index contributed by atoms with van der Waals surface area (Å²) in [6.45, 7) is 17.9. The molecule has 8 nitrogen and oxygen atoms in total. The van der Waals surface area contributed by atoms with E-state index < -0.39 is 5.60 Å². The van der Waals surface area contributed by atoms with Crippen molar-refractivity contribution in [3.8, 4) is 0 Å². The molecule has 0 spiro atoms. The molecule has 2 fully saturated rings. The third-order valence-electron chi connectivity index (χ3n) is 7.67. The van der Waals surface area contributed by atoms with Gasteiger partial charge in [0.25, 0.3) is 11.8 Å². The van der Waals surface area contributed by atoms with Gasteiger partial charge >= 0.3 is 6.09 Å². The Morgan fingerprint density at radius 3 is 1.85 bits per heavy atom. The first-order chi connectivity index (χ1) is 18.2. The Labute approximate surface area is 235 Å². The van der Waals surface area contributed by atoms with E-state index in [0.29, 0.717) is 30.1 Å². The molecular weight excluding hydrogens is 492 g/mol. The van der Waals surface area contributed by atoms with E-state index in [1.165, 1.54) is 11.3 Å². The maximum Gasteiger partial charge on any atom is 0.407 e. The van der Waals surface area contributed by atoms with Crippen LogP contribution in [0.2, 0.25) is 0 Å². The lowest BCUT2D eigenvalue weighted by molar-refractivity contribution is 0.0525. The fourth-order valence-electron chi connectivity index (χ4n) is 5.86. The number of ether oxygens (including phenoxy) is 1. The zero-order chi connectivity index (χ0) is 28.8. The second kappa shape index (κ2) is 12.8. The highest BCUT2D eigenvalue weighted by atomic mass is 16.6. The van der Waals surface area contributed by atoms with Crippen molar-refractivity contribution < 1.29 is 19.1 Å². The summed E-state index contributed by atoms with van der Waals surface area (Å²) in [6.07, 6.45) is 6.19. The van der Waals surface area contributed by atoms with Gasteiger partial charge in [-0.25, -0.2) is 4.79 Å². The molecule has 0 saturated carbocycles. The van der Waals surface area contributed by atoms with E-state index in [1.807, 2.05) is 20.8 Å². The summed E-state index contributed by atoms with van der Waals surface area (Å²) in [5.41, 5.74) is 1.18. The molecule has 2 saturated heterocycles. The number of fused-ring (bicyclic) bond motifs is 1. The zero-order valence-electron chi connectivity index (χ0n) is 25.1. The van der Waals surface area contributed by atoms with E-state index in [-0.39, 0.29) is 29.0 Å². The van der Waals surface area contributed by atoms with E-state index in [4.69, 9.17) is 4.74 Å². The Bertz CT molecular complexity index is 979. The fourth-order valence-corrected chi connectivity index (χ4v) is 5.86. The van der Waals surface area contributed by atoms with Crippen molar-refractivity contribution in [2.24, 2.45) is 11.8 Å². The number of rotatable bonds is 8. The highest BCUT2D eigenvalue weighted by Crippen LogP contribution is 2.28. The maximum atomic E-state index is 12.2. The Hall–Kier alpha value is -2.45. The highest BCUT2D eigenvalue weighted by Gasteiger charge is 2.35. The standard InChI is InChI=1S/C17H22N2O2.C14H28N2O2/c1-17(2)10-12(11-18-17)6-5-9-19-15(20)13-7-3-4-8-14(13)16(19)21;1-13(2,3)18-12(17)15-8-6-7-11-9-14(4,5)16-10-11/h3-4,7-8,12,18H,5-6,9-11H2,1-2H3;11,16H,6-10H2,1-5H3,(H,15,17)/t12-;11-/m11/s1. The summed E-state index contributed by atoms with van der Waals surface area (Å²) >= 11 is 0. The lowest BCUT2D eigenvalue weighted by Crippen LogP contribution is -2.33. The van der Waals surface area contributed by atoms with Gasteiger partial charge in [-0.1, -0.05) is 12.1 Å². The van der Waals surface area contributed by atoms with Crippen molar-refractivity contribution >= 4 is 17.9 Å². The van der Waals surface area contributed by atoms with Gasteiger partial charge in [-0.3, -0.25) is 14.5 Å². The molecule has 3 aliphatic heterocycles. The van der Waals surface area contributed by atoms with Crippen molar-refractivity contribution in [2.45, 2.75) is 104 Å². The van der Waals surface area contributed by atoms with Gasteiger partial charge in [0, 0.05) is 24.2 Å². The van der Waals surface area contributed by atoms with Crippen LogP contribution in [0.25, 0.3) is 0 Å². The molecule has 2 atom stereocenters. The van der Waals surface area contributed by atoms with E-state index in [9.17, 15) is 14.4 Å². The number of carbonyl (C=O) groups excluding carboxylic acids is 3. The zero-order valence-corrected chi connectivity index (χ0v) is 25.1. The number of alkyl carbamates (subject to hydrolysis) is 1. The van der Waals surface area contributed by atoms with Crippen molar-refractivity contribution in [2.75, 3.05) is 26.2 Å². The third kappa shape index (κ3) is 9.60. The smallest absolute Gasteiger partial charge is 0.407 e. The molecule has 0 aliphatic carbocycles. The van der Waals surface area contributed by atoms with E-state index in [1.54, 1.807) is 24.3 Å². The van der Waals surface area contributed by atoms with Crippen LogP contribution >= 0.6 is 0 Å². The van der Waals surface area contributed by atoms with Crippen LogP contribution in [0.4, 0.5) is 4.79 Å². The van der Waals surface area contributed by atoms with Crippen LogP contribution in [0.15, 0.2) is 24.3 Å². The molecule has 0 bridgehead atoms. The number of nitrogens with zero attached hydrogens (tertiary/aromatic N) is 1. The van der Waals surface area contributed by atoms with Gasteiger partial charge in [-0.05, 0) is 124 Å². The molecule has 1 aromatic rings. The van der Waals surface area contributed by atoms with Gasteiger partial charge in [-0.15, -0.1) is 0 Å². The predicted molar refractivity (Wildman–Crippen MR) is 155 cm³/mol. The second-order valence-corrected chi connectivity index (χ2v) is 13.7. The molecule has 1 aromatic carbocycles. The molecule has 3 amide bonds. The first-order valence-corrected chi connectivity index (χ1v) is 14.6. The van der Waals surface area contributed by atoms with Gasteiger partial charge in [-0.2, -0.15) is 0 Å². The summed E-state index contributed by atoms with van der Waals surface area (Å²) in [6, 6.07) is 7.08. The SMILES string of the molecule is CC1(C)C[C@@H](CCCN2C(=O)c3ccccc3C2=O)CN1.CC1(C)C[C@@H](CCCNC(=O)OC(C)(C)C)CN1. The molecule has 4 rings (SSSR count). The molecule has 3 heterocycles. The minimum atomic E-state index is -0.413. The topological polar surface area (TPSA) is 99.8 Å². The Morgan fingerprint density at radius 2 is 1.41 bits per heavy atom. The van der Waals surface area contributed by atoms with Crippen LogP contribution in [0.1, 0.15) is 108 Å². The third-order valence-corrected chi connectivity index (χ3v) is 7.67. The molecular formula is C31H50N4O4. The average molecular weight is 543 g/mol. The van der Waals surface area contributed by atoms with Gasteiger partial charge < -0.3 is 20.7 Å². The molecule has 0 unspecified atom stereocenters. The lowest BCUT2D eigenvalue weighted by Gasteiger charge is -2.20. The molecule has 3 N–H and O–H groups in total. The Morgan fingerprint density at radius 1 is 0.923 bits per heavy atom. The van der Waals surface area contributed by atoms with Gasteiger partial charge in [0.15, 0.2) is 0 Å². The number of nitrogens with one attached hydrogen (secondary N) is 3. The van der Waals surface area contributed by atoms with E-state index in [2.05, 4.69) is 43.6 Å². The molecule has 8 heteroatoms. The number of benzene rings is 1. The quantitative estimate of drug-likeness (QED) is 0.311. The molecule has 218 valence electrons. The lowest BCUT2D eigenvalue weighted by atomic mass is 9.94. The van der Waals surface area contributed by atoms with Crippen LogP contribution in [0, 0.1) is 11.8 Å². The minimum Gasteiger partial charge on any atom is -0.444 e. The van der Waals surface area contributed by atoms with E-state index in [0.717, 1.165) is 51.1 Å². The second-order valence-electron chi connectivity index (χ2n) is 13.7. The molecule has 0 radical (unpaired) electrons. The minimum absolute atomic E-state index is 0.138. The maximum absolute atomic E-state index is 12.2. The first kappa shape index (κ1) is 31.1. The molecule has 3 aliphatic rings. The summed E-state index contributed by atoms with van der Waals surface area (Å²) in [4.78, 5) is 37.3. The van der Waals surface area contributed by atoms with Gasteiger partial charge in [0.2, 0.25) is 0 Å². The predicted octanol–water partition coefficient (Wildman–Crippen LogP) is 5.13. The normalized spacial score (nSPS) is 23.3.